The van der Waals surface area contributed by atoms with Crippen LogP contribution in [0.5, 0.6) is 0 Å². The highest BCUT2D eigenvalue weighted by Gasteiger charge is 2.25. The molecule has 12 nitrogen and oxygen atoms in total. The summed E-state index contributed by atoms with van der Waals surface area (Å²) in [6.07, 6.45) is -2.71. The van der Waals surface area contributed by atoms with Crippen molar-refractivity contribution in [3.63, 3.8) is 0 Å². The highest BCUT2D eigenvalue weighted by Crippen LogP contribution is 2.01. The van der Waals surface area contributed by atoms with Crippen LogP contribution in [0.2, 0.25) is 0 Å². The number of rotatable bonds is 12. The number of nitrogens with one attached hydrogen (secondary N) is 2. The first-order valence-corrected chi connectivity index (χ1v) is 7.00. The SMILES string of the molecule is O=C(O)CC[C@@H](NC(=O)CC(=O)N[C@H](CCC(=O)O)C(=O)O)C(=O)O. The molecular weight excluding hydrogens is 344 g/mol. The van der Waals surface area contributed by atoms with E-state index in [4.69, 9.17) is 20.4 Å². The fraction of sp³-hybridized carbons (Fsp3) is 0.538. The fourth-order valence-electron chi connectivity index (χ4n) is 1.69. The van der Waals surface area contributed by atoms with E-state index >= 15 is 0 Å². The lowest BCUT2D eigenvalue weighted by molar-refractivity contribution is -0.144. The van der Waals surface area contributed by atoms with Gasteiger partial charge in [-0.2, -0.15) is 0 Å². The van der Waals surface area contributed by atoms with Crippen molar-refractivity contribution in [2.45, 2.75) is 44.2 Å². The normalized spacial score (nSPS) is 12.5. The van der Waals surface area contributed by atoms with Gasteiger partial charge in [-0.25, -0.2) is 9.59 Å². The van der Waals surface area contributed by atoms with E-state index in [2.05, 4.69) is 0 Å². The first-order valence-electron chi connectivity index (χ1n) is 7.00. The Balaban J connectivity index is 4.56. The summed E-state index contributed by atoms with van der Waals surface area (Å²) >= 11 is 0. The molecule has 0 radical (unpaired) electrons. The molecule has 12 heteroatoms. The van der Waals surface area contributed by atoms with Crippen LogP contribution < -0.4 is 10.6 Å². The van der Waals surface area contributed by atoms with Crippen LogP contribution in [0.15, 0.2) is 0 Å². The predicted octanol–water partition coefficient (Wildman–Crippen LogP) is -1.76. The monoisotopic (exact) mass is 362 g/mol. The summed E-state index contributed by atoms with van der Waals surface area (Å²) in [6.45, 7) is 0. The van der Waals surface area contributed by atoms with E-state index in [0.29, 0.717) is 0 Å². The lowest BCUT2D eigenvalue weighted by Gasteiger charge is -2.15. The van der Waals surface area contributed by atoms with E-state index < -0.39 is 79.9 Å². The molecule has 6 N–H and O–H groups in total. The highest BCUT2D eigenvalue weighted by atomic mass is 16.4. The van der Waals surface area contributed by atoms with Gasteiger partial charge >= 0.3 is 23.9 Å². The third-order valence-corrected chi connectivity index (χ3v) is 2.88. The van der Waals surface area contributed by atoms with Gasteiger partial charge in [-0.1, -0.05) is 0 Å². The quantitative estimate of drug-likeness (QED) is 0.216. The maximum atomic E-state index is 11.6. The molecular formula is C13H18N2O10. The van der Waals surface area contributed by atoms with Gasteiger partial charge in [-0.3, -0.25) is 19.2 Å². The van der Waals surface area contributed by atoms with Gasteiger partial charge in [-0.05, 0) is 12.8 Å². The van der Waals surface area contributed by atoms with Crippen molar-refractivity contribution in [2.24, 2.45) is 0 Å². The molecule has 0 aliphatic rings. The number of amides is 2. The van der Waals surface area contributed by atoms with Crippen LogP contribution in [-0.2, 0) is 28.8 Å². The van der Waals surface area contributed by atoms with E-state index in [1.807, 2.05) is 10.6 Å². The second-order valence-electron chi connectivity index (χ2n) is 4.96. The Kier molecular flexibility index (Phi) is 9.22. The van der Waals surface area contributed by atoms with Crippen LogP contribution in [0.25, 0.3) is 0 Å². The molecule has 0 aliphatic carbocycles. The minimum atomic E-state index is -1.52. The van der Waals surface area contributed by atoms with Crippen molar-refractivity contribution in [1.29, 1.82) is 0 Å². The van der Waals surface area contributed by atoms with Gasteiger partial charge in [0, 0.05) is 12.8 Å². The molecule has 0 spiro atoms. The molecule has 0 heterocycles. The number of hydrogen-bond acceptors (Lipinski definition) is 6. The summed E-state index contributed by atoms with van der Waals surface area (Å²) in [5.74, 6) is -7.59. The van der Waals surface area contributed by atoms with Crippen LogP contribution in [0, 0.1) is 0 Å². The first kappa shape index (κ1) is 21.8. The van der Waals surface area contributed by atoms with Gasteiger partial charge in [0.2, 0.25) is 11.8 Å². The van der Waals surface area contributed by atoms with E-state index in [-0.39, 0.29) is 0 Å². The standard InChI is InChI=1S/C13H18N2O10/c16-8(14-6(12(22)23)1-3-10(18)19)5-9(17)15-7(13(24)25)2-4-11(20)21/h6-7H,1-5H2,(H,14,16)(H,15,17)(H,18,19)(H,20,21)(H,22,23)(H,24,25)/t6-,7-/m1/s1. The lowest BCUT2D eigenvalue weighted by atomic mass is 10.1. The van der Waals surface area contributed by atoms with E-state index in [1.165, 1.54) is 0 Å². The molecule has 0 aromatic heterocycles. The Hall–Kier alpha value is -3.18. The van der Waals surface area contributed by atoms with E-state index in [9.17, 15) is 28.8 Å². The topological polar surface area (TPSA) is 207 Å². The van der Waals surface area contributed by atoms with Crippen LogP contribution in [-0.4, -0.2) is 68.2 Å². The molecule has 0 rings (SSSR count). The zero-order valence-corrected chi connectivity index (χ0v) is 12.9. The summed E-state index contributed by atoms with van der Waals surface area (Å²) < 4.78 is 0. The Morgan fingerprint density at radius 1 is 0.640 bits per heavy atom. The Bertz CT molecular complexity index is 511. The summed E-state index contributed by atoms with van der Waals surface area (Å²) in [4.78, 5) is 65.9. The number of carboxylic acids is 4. The molecule has 25 heavy (non-hydrogen) atoms. The largest absolute Gasteiger partial charge is 0.481 e. The van der Waals surface area contributed by atoms with Gasteiger partial charge in [0.25, 0.3) is 0 Å². The Morgan fingerprint density at radius 2 is 0.960 bits per heavy atom. The second-order valence-corrected chi connectivity index (χ2v) is 4.96. The smallest absolute Gasteiger partial charge is 0.326 e. The van der Waals surface area contributed by atoms with Crippen molar-refractivity contribution in [3.8, 4) is 0 Å². The highest BCUT2D eigenvalue weighted by molar-refractivity contribution is 5.99. The van der Waals surface area contributed by atoms with Crippen LogP contribution in [0.4, 0.5) is 0 Å². The minimum Gasteiger partial charge on any atom is -0.481 e. The molecule has 0 aromatic rings. The number of carbonyl (C=O) groups excluding carboxylic acids is 2. The molecule has 0 saturated carbocycles. The van der Waals surface area contributed by atoms with Crippen LogP contribution in [0.1, 0.15) is 32.1 Å². The summed E-state index contributed by atoms with van der Waals surface area (Å²) in [5.41, 5.74) is 0. The molecule has 2 atom stereocenters. The molecule has 140 valence electrons. The number of aliphatic carboxylic acids is 4. The number of carbonyl (C=O) groups is 6. The van der Waals surface area contributed by atoms with Crippen molar-refractivity contribution in [3.05, 3.63) is 0 Å². The lowest BCUT2D eigenvalue weighted by Crippen LogP contribution is -2.45. The van der Waals surface area contributed by atoms with Crippen LogP contribution >= 0.6 is 0 Å². The van der Waals surface area contributed by atoms with Gasteiger partial charge < -0.3 is 31.1 Å². The van der Waals surface area contributed by atoms with Crippen molar-refractivity contribution in [2.75, 3.05) is 0 Å². The second kappa shape index (κ2) is 10.6. The average Bonchev–Trinajstić information content (AvgIpc) is 2.46. The molecule has 0 bridgehead atoms. The number of carboxylic acid groups (broad SMARTS) is 4. The third-order valence-electron chi connectivity index (χ3n) is 2.88. The van der Waals surface area contributed by atoms with Gasteiger partial charge in [0.15, 0.2) is 0 Å². The number of hydrogen-bond donors (Lipinski definition) is 6. The average molecular weight is 362 g/mol. The van der Waals surface area contributed by atoms with Crippen molar-refractivity contribution >= 4 is 35.7 Å². The maximum absolute atomic E-state index is 11.6. The Morgan fingerprint density at radius 3 is 1.20 bits per heavy atom. The molecule has 0 fully saturated rings. The third kappa shape index (κ3) is 10.3. The molecule has 2 amide bonds. The summed E-state index contributed by atoms with van der Waals surface area (Å²) in [5, 5.41) is 38.6. The van der Waals surface area contributed by atoms with Crippen LogP contribution in [0.3, 0.4) is 0 Å². The van der Waals surface area contributed by atoms with E-state index in [0.717, 1.165) is 0 Å². The molecule has 0 unspecified atom stereocenters. The Labute approximate surface area is 140 Å². The van der Waals surface area contributed by atoms with Crippen molar-refractivity contribution in [1.82, 2.24) is 10.6 Å². The van der Waals surface area contributed by atoms with Gasteiger partial charge in [0.05, 0.1) is 0 Å². The predicted molar refractivity (Wildman–Crippen MR) is 77.5 cm³/mol. The zero-order valence-electron chi connectivity index (χ0n) is 12.9. The molecule has 0 saturated heterocycles. The fourth-order valence-corrected chi connectivity index (χ4v) is 1.69. The van der Waals surface area contributed by atoms with Gasteiger partial charge in [0.1, 0.15) is 18.5 Å². The summed E-state index contributed by atoms with van der Waals surface area (Å²) in [7, 11) is 0. The molecule has 0 aliphatic heterocycles. The zero-order chi connectivity index (χ0) is 19.6. The van der Waals surface area contributed by atoms with E-state index in [1.54, 1.807) is 0 Å². The minimum absolute atomic E-state index is 0.394. The van der Waals surface area contributed by atoms with Gasteiger partial charge in [-0.15, -0.1) is 0 Å². The van der Waals surface area contributed by atoms with Crippen molar-refractivity contribution < 1.29 is 49.2 Å². The summed E-state index contributed by atoms with van der Waals surface area (Å²) in [6, 6.07) is -3.03. The maximum Gasteiger partial charge on any atom is 0.326 e. The molecule has 0 aromatic carbocycles. The first-order chi connectivity index (χ1) is 11.5.